The zero-order valence-corrected chi connectivity index (χ0v) is 37.8. The summed E-state index contributed by atoms with van der Waals surface area (Å²) < 4.78 is 42.7. The molecule has 0 radical (unpaired) electrons. The number of hydrogen-bond donors (Lipinski definition) is 9. The van der Waals surface area contributed by atoms with E-state index in [2.05, 4.69) is 27.7 Å². The highest BCUT2D eigenvalue weighted by atomic mass is 16.8. The molecule has 0 spiro atoms. The Morgan fingerprint density at radius 1 is 0.635 bits per heavy atom. The highest BCUT2D eigenvalue weighted by Gasteiger charge is 2.72. The third-order valence-corrected chi connectivity index (χ3v) is 18.1. The van der Waals surface area contributed by atoms with E-state index in [9.17, 15) is 50.8 Å². The molecule has 4 saturated carbocycles. The predicted octanol–water partition coefficient (Wildman–Crippen LogP) is 0.794. The molecule has 24 atom stereocenters. The summed E-state index contributed by atoms with van der Waals surface area (Å²) in [6.45, 7) is 13.7. The standard InChI is InChI=1S/C46H74O17/c1-21(2)16-23-17-46(56,41(55)60-23)25-10-13-43(6)24(25)8-9-29-44(43,7)14-11-28-42(4,5)30(12-15-45(28,29)20-47)61-40-37(63-39-35(54)33(52)31(50)22(3)59-39)36(27(49)19-58-40)62-38-34(53)32(51)26(48)18-57-38/h16,20,22-41,48-56H,8-15,17-19H2,1-7H3/t22-,23-,24-,25-,26+,27+,28+,29+,30+,31+,32+,33+,34+,35+,36+,37+,38+,39+,40+,41-,43-,44-,45+,46+/m1/s1. The first-order valence-corrected chi connectivity index (χ1v) is 23.3. The lowest BCUT2D eigenvalue weighted by atomic mass is 9.35. The largest absolute Gasteiger partial charge is 0.388 e. The summed E-state index contributed by atoms with van der Waals surface area (Å²) >= 11 is 0. The van der Waals surface area contributed by atoms with Gasteiger partial charge in [0.15, 0.2) is 25.2 Å². The molecule has 4 aliphatic heterocycles. The predicted molar refractivity (Wildman–Crippen MR) is 220 cm³/mol. The minimum absolute atomic E-state index is 0.0544. The SMILES string of the molecule is CC(C)=C[C@@H]1C[C@](O)([C@@H]2CC[C@]3(C)[C@@H]2CC[C@@H]2[C@]4(C=O)CC[C@H](O[C@@H]5OC[C@H](O)[C@H](O[C@@H]6OC[C@H](O)[C@H](O)[C@@H]6O)[C@@H]5O[C@@H]5O[C@H](C)[C@H](O)[C@H](O)[C@@H]5O)C(C)(C)[C@@H]4CC[C@]23C)[C@H](O)O1. The number of carbonyl (C=O) groups is 1. The molecular weight excluding hydrogens is 824 g/mol. The number of aliphatic hydroxyl groups is 9. The van der Waals surface area contributed by atoms with Gasteiger partial charge in [0.1, 0.15) is 66.8 Å². The summed E-state index contributed by atoms with van der Waals surface area (Å²) in [5.41, 5.74) is -2.02. The second kappa shape index (κ2) is 17.4. The van der Waals surface area contributed by atoms with Crippen LogP contribution >= 0.6 is 0 Å². The Kier molecular flexibility index (Phi) is 13.3. The molecule has 4 aliphatic carbocycles. The first kappa shape index (κ1) is 48.2. The van der Waals surface area contributed by atoms with Crippen LogP contribution in [-0.2, 0) is 38.0 Å². The maximum Gasteiger partial charge on any atom is 0.187 e. The number of rotatable bonds is 9. The van der Waals surface area contributed by atoms with Gasteiger partial charge in [0.25, 0.3) is 0 Å². The van der Waals surface area contributed by atoms with Crippen molar-refractivity contribution in [2.45, 2.75) is 210 Å². The zero-order chi connectivity index (χ0) is 45.8. The van der Waals surface area contributed by atoms with Crippen molar-refractivity contribution in [1.82, 2.24) is 0 Å². The Bertz CT molecular complexity index is 1680. The van der Waals surface area contributed by atoms with Gasteiger partial charge in [-0.1, -0.05) is 39.3 Å². The van der Waals surface area contributed by atoms with E-state index >= 15 is 0 Å². The van der Waals surface area contributed by atoms with Gasteiger partial charge in [-0.05, 0) is 112 Å². The molecule has 63 heavy (non-hydrogen) atoms. The van der Waals surface area contributed by atoms with Crippen LogP contribution < -0.4 is 0 Å². The lowest BCUT2D eigenvalue weighted by Crippen LogP contribution is -2.67. The number of carbonyl (C=O) groups excluding carboxylic acids is 1. The van der Waals surface area contributed by atoms with E-state index < -0.39 is 109 Å². The fourth-order valence-electron chi connectivity index (χ4n) is 14.5. The third-order valence-electron chi connectivity index (χ3n) is 18.1. The van der Waals surface area contributed by atoms with Crippen molar-refractivity contribution in [3.8, 4) is 0 Å². The first-order chi connectivity index (χ1) is 29.5. The van der Waals surface area contributed by atoms with Crippen LogP contribution in [0, 0.1) is 45.3 Å². The zero-order valence-electron chi connectivity index (χ0n) is 37.8. The van der Waals surface area contributed by atoms with Crippen LogP contribution in [0.2, 0.25) is 0 Å². The maximum atomic E-state index is 13.9. The Labute approximate surface area is 370 Å². The van der Waals surface area contributed by atoms with Crippen molar-refractivity contribution >= 4 is 6.29 Å². The van der Waals surface area contributed by atoms with E-state index in [4.69, 9.17) is 33.2 Å². The molecular formula is C46H74O17. The van der Waals surface area contributed by atoms with Crippen molar-refractivity contribution in [3.63, 3.8) is 0 Å². The fraction of sp³-hybridized carbons (Fsp3) is 0.935. The molecule has 4 heterocycles. The molecule has 17 nitrogen and oxygen atoms in total. The molecule has 0 unspecified atom stereocenters. The van der Waals surface area contributed by atoms with Crippen LogP contribution in [0.5, 0.6) is 0 Å². The molecule has 8 fully saturated rings. The molecule has 0 aromatic rings. The van der Waals surface area contributed by atoms with E-state index in [1.165, 1.54) is 13.2 Å². The molecule has 9 N–H and O–H groups in total. The molecule has 0 aromatic heterocycles. The topological polar surface area (TPSA) is 264 Å². The molecule has 0 amide bonds. The van der Waals surface area contributed by atoms with Crippen LogP contribution in [0.25, 0.3) is 0 Å². The van der Waals surface area contributed by atoms with Crippen molar-refractivity contribution in [2.75, 3.05) is 13.2 Å². The molecule has 4 saturated heterocycles. The average Bonchev–Trinajstić information content (AvgIpc) is 3.73. The van der Waals surface area contributed by atoms with Gasteiger partial charge in [-0.15, -0.1) is 0 Å². The quantitative estimate of drug-likeness (QED) is 0.0881. The number of aliphatic hydroxyl groups excluding tert-OH is 8. The van der Waals surface area contributed by atoms with Crippen LogP contribution in [0.3, 0.4) is 0 Å². The summed E-state index contributed by atoms with van der Waals surface area (Å²) in [6, 6.07) is 0. The van der Waals surface area contributed by atoms with Gasteiger partial charge in [-0.3, -0.25) is 0 Å². The Morgan fingerprint density at radius 2 is 1.29 bits per heavy atom. The summed E-state index contributed by atoms with van der Waals surface area (Å²) in [6.07, 6.45) is -11.7. The van der Waals surface area contributed by atoms with E-state index in [0.717, 1.165) is 44.1 Å². The van der Waals surface area contributed by atoms with Gasteiger partial charge in [0.2, 0.25) is 0 Å². The minimum atomic E-state index is -1.73. The van der Waals surface area contributed by atoms with Crippen LogP contribution in [0.1, 0.15) is 106 Å². The number of ether oxygens (including phenoxy) is 7. The maximum absolute atomic E-state index is 13.9. The lowest BCUT2D eigenvalue weighted by Gasteiger charge is -2.69. The van der Waals surface area contributed by atoms with Crippen LogP contribution in [0.4, 0.5) is 0 Å². The Hall–Kier alpha value is -1.23. The van der Waals surface area contributed by atoms with Crippen molar-refractivity contribution in [2.24, 2.45) is 45.3 Å². The van der Waals surface area contributed by atoms with Crippen LogP contribution in [0.15, 0.2) is 11.6 Å². The highest BCUT2D eigenvalue weighted by molar-refractivity contribution is 5.62. The van der Waals surface area contributed by atoms with Gasteiger partial charge in [0, 0.05) is 11.8 Å². The first-order valence-electron chi connectivity index (χ1n) is 23.3. The van der Waals surface area contributed by atoms with E-state index in [1.807, 2.05) is 19.9 Å². The Morgan fingerprint density at radius 3 is 1.98 bits per heavy atom. The Balaban J connectivity index is 1.04. The highest BCUT2D eigenvalue weighted by Crippen LogP contribution is 2.76. The number of aldehydes is 1. The average molecular weight is 899 g/mol. The van der Waals surface area contributed by atoms with Gasteiger partial charge in [-0.25, -0.2) is 0 Å². The van der Waals surface area contributed by atoms with E-state index in [-0.39, 0.29) is 53.8 Å². The van der Waals surface area contributed by atoms with Gasteiger partial charge < -0.3 is 83.9 Å². The second-order valence-electron chi connectivity index (χ2n) is 21.9. The van der Waals surface area contributed by atoms with Crippen molar-refractivity contribution < 1.29 is 83.9 Å². The molecule has 360 valence electrons. The number of hydrogen-bond acceptors (Lipinski definition) is 17. The van der Waals surface area contributed by atoms with E-state index in [1.54, 1.807) is 0 Å². The smallest absolute Gasteiger partial charge is 0.187 e. The number of allylic oxidation sites excluding steroid dienone is 1. The second-order valence-corrected chi connectivity index (χ2v) is 21.9. The van der Waals surface area contributed by atoms with Crippen molar-refractivity contribution in [3.05, 3.63) is 11.6 Å². The molecule has 8 aliphatic rings. The van der Waals surface area contributed by atoms with Crippen molar-refractivity contribution in [1.29, 1.82) is 0 Å². The summed E-state index contributed by atoms with van der Waals surface area (Å²) in [4.78, 5) is 13.9. The summed E-state index contributed by atoms with van der Waals surface area (Å²) in [5.74, 6) is -0.0527. The minimum Gasteiger partial charge on any atom is -0.388 e. The summed E-state index contributed by atoms with van der Waals surface area (Å²) in [5, 5.41) is 98.1. The van der Waals surface area contributed by atoms with Gasteiger partial charge in [0.05, 0.1) is 31.5 Å². The van der Waals surface area contributed by atoms with E-state index in [0.29, 0.717) is 19.3 Å². The molecule has 0 aromatic carbocycles. The fourth-order valence-corrected chi connectivity index (χ4v) is 14.5. The number of fused-ring (bicyclic) bond motifs is 5. The van der Waals surface area contributed by atoms with Gasteiger partial charge in [-0.2, -0.15) is 0 Å². The lowest BCUT2D eigenvalue weighted by molar-refractivity contribution is -0.383. The van der Waals surface area contributed by atoms with Gasteiger partial charge >= 0.3 is 0 Å². The molecule has 8 rings (SSSR count). The monoisotopic (exact) mass is 898 g/mol. The third kappa shape index (κ3) is 7.73. The van der Waals surface area contributed by atoms with Crippen LogP contribution in [-0.4, -0.2) is 169 Å². The summed E-state index contributed by atoms with van der Waals surface area (Å²) in [7, 11) is 0. The normalized spacial score (nSPS) is 55.6. The molecule has 0 bridgehead atoms. The molecule has 17 heteroatoms.